The molecule has 0 saturated carbocycles. The van der Waals surface area contributed by atoms with Crippen molar-refractivity contribution in [1.29, 1.82) is 5.41 Å². The number of amidine groups is 1. The van der Waals surface area contributed by atoms with Crippen LogP contribution in [0, 0.1) is 17.0 Å². The zero-order valence-electron chi connectivity index (χ0n) is 17.3. The number of hydrogen-bond donors (Lipinski definition) is 2. The van der Waals surface area contributed by atoms with Gasteiger partial charge < -0.3 is 10.5 Å². The summed E-state index contributed by atoms with van der Waals surface area (Å²) in [6.45, 7) is 1.61. The van der Waals surface area contributed by atoms with Gasteiger partial charge in [0.15, 0.2) is 0 Å². The molecule has 0 fully saturated rings. The fourth-order valence-corrected chi connectivity index (χ4v) is 4.79. The standard InChI is InChI=1S/C22H24F2N4O2S/c1-14(30-2)21(29)28-22(12-6-9-19(25)26,15-7-4-3-5-8-15)31-20(27-28)17-13-16(23)10-11-18(17)24/h3-5,7-8,10-11,13-14H,6,9,12H2,1-2H3,(H3,25,26). The summed E-state index contributed by atoms with van der Waals surface area (Å²) >= 11 is 1.18. The number of amides is 1. The van der Waals surface area contributed by atoms with E-state index in [2.05, 4.69) is 5.10 Å². The van der Waals surface area contributed by atoms with E-state index in [1.54, 1.807) is 6.92 Å². The summed E-state index contributed by atoms with van der Waals surface area (Å²) < 4.78 is 33.7. The average molecular weight is 447 g/mol. The Labute approximate surface area is 184 Å². The third-order valence-corrected chi connectivity index (χ3v) is 6.50. The Balaban J connectivity index is 2.13. The Hall–Kier alpha value is -2.78. The number of hydrazone groups is 1. The molecule has 3 rings (SSSR count). The molecule has 2 unspecified atom stereocenters. The van der Waals surface area contributed by atoms with E-state index in [4.69, 9.17) is 15.9 Å². The summed E-state index contributed by atoms with van der Waals surface area (Å²) in [7, 11) is 1.42. The highest BCUT2D eigenvalue weighted by molar-refractivity contribution is 8.15. The predicted octanol–water partition coefficient (Wildman–Crippen LogP) is 4.20. The van der Waals surface area contributed by atoms with Crippen molar-refractivity contribution >= 4 is 28.5 Å². The Morgan fingerprint density at radius 1 is 1.29 bits per heavy atom. The molecule has 6 nitrogen and oxygen atoms in total. The molecular weight excluding hydrogens is 422 g/mol. The van der Waals surface area contributed by atoms with Crippen molar-refractivity contribution in [2.24, 2.45) is 10.8 Å². The lowest BCUT2D eigenvalue weighted by molar-refractivity contribution is -0.144. The molecule has 0 bridgehead atoms. The minimum absolute atomic E-state index is 0.0164. The fraction of sp³-hybridized carbons (Fsp3) is 0.318. The molecule has 9 heteroatoms. The van der Waals surface area contributed by atoms with Crippen molar-refractivity contribution in [2.75, 3.05) is 7.11 Å². The second-order valence-electron chi connectivity index (χ2n) is 7.19. The summed E-state index contributed by atoms with van der Waals surface area (Å²) in [6, 6.07) is 12.4. The van der Waals surface area contributed by atoms with Gasteiger partial charge in [-0.1, -0.05) is 42.1 Å². The van der Waals surface area contributed by atoms with E-state index in [1.165, 1.54) is 23.9 Å². The van der Waals surface area contributed by atoms with Crippen LogP contribution in [0.15, 0.2) is 53.6 Å². The van der Waals surface area contributed by atoms with Crippen molar-refractivity contribution in [3.05, 3.63) is 71.3 Å². The number of benzene rings is 2. The van der Waals surface area contributed by atoms with Crippen LogP contribution in [0.2, 0.25) is 0 Å². The quantitative estimate of drug-likeness (QED) is 0.470. The van der Waals surface area contributed by atoms with E-state index in [0.29, 0.717) is 19.3 Å². The maximum absolute atomic E-state index is 14.6. The number of ether oxygens (including phenoxy) is 1. The number of halogens is 2. The van der Waals surface area contributed by atoms with Gasteiger partial charge in [0.2, 0.25) is 0 Å². The third-order valence-electron chi connectivity index (χ3n) is 5.05. The fourth-order valence-electron chi connectivity index (χ4n) is 3.37. The molecule has 1 heterocycles. The zero-order valence-corrected chi connectivity index (χ0v) is 18.1. The van der Waals surface area contributed by atoms with E-state index in [9.17, 15) is 13.6 Å². The summed E-state index contributed by atoms with van der Waals surface area (Å²) in [5.41, 5.74) is 6.29. The van der Waals surface area contributed by atoms with Gasteiger partial charge in [-0.15, -0.1) is 0 Å². The number of methoxy groups -OCH3 is 1. The van der Waals surface area contributed by atoms with Crippen LogP contribution in [0.4, 0.5) is 8.78 Å². The van der Waals surface area contributed by atoms with Gasteiger partial charge in [0.05, 0.1) is 5.84 Å². The van der Waals surface area contributed by atoms with E-state index < -0.39 is 28.5 Å². The Kier molecular flexibility index (Phi) is 7.07. The molecule has 3 N–H and O–H groups in total. The first-order valence-electron chi connectivity index (χ1n) is 9.77. The van der Waals surface area contributed by atoms with E-state index >= 15 is 0 Å². The molecule has 0 aromatic heterocycles. The first kappa shape index (κ1) is 22.9. The van der Waals surface area contributed by atoms with Crippen LogP contribution >= 0.6 is 11.8 Å². The number of rotatable bonds is 8. The largest absolute Gasteiger partial charge is 0.388 e. The molecule has 2 atom stereocenters. The monoisotopic (exact) mass is 446 g/mol. The van der Waals surface area contributed by atoms with Gasteiger partial charge in [-0.3, -0.25) is 10.2 Å². The zero-order chi connectivity index (χ0) is 22.6. The van der Waals surface area contributed by atoms with Gasteiger partial charge in [-0.05, 0) is 43.5 Å². The smallest absolute Gasteiger partial charge is 0.273 e. The number of carbonyl (C=O) groups excluding carboxylic acids is 1. The number of nitrogens with one attached hydrogen (secondary N) is 1. The van der Waals surface area contributed by atoms with E-state index in [-0.39, 0.29) is 16.4 Å². The van der Waals surface area contributed by atoms with Gasteiger partial charge in [-0.2, -0.15) is 5.10 Å². The van der Waals surface area contributed by atoms with E-state index in [1.807, 2.05) is 30.3 Å². The number of hydrogen-bond acceptors (Lipinski definition) is 5. The summed E-state index contributed by atoms with van der Waals surface area (Å²) in [6.07, 6.45) is 0.433. The normalized spacial score (nSPS) is 19.2. The summed E-state index contributed by atoms with van der Waals surface area (Å²) in [4.78, 5) is 12.2. The molecule has 0 aliphatic carbocycles. The molecule has 2 aromatic rings. The van der Waals surface area contributed by atoms with Crippen LogP contribution in [0.25, 0.3) is 0 Å². The topological polar surface area (TPSA) is 91.8 Å². The van der Waals surface area contributed by atoms with Gasteiger partial charge >= 0.3 is 0 Å². The lowest BCUT2D eigenvalue weighted by Crippen LogP contribution is -2.45. The van der Waals surface area contributed by atoms with Crippen molar-refractivity contribution in [1.82, 2.24) is 5.01 Å². The molecule has 0 radical (unpaired) electrons. The Bertz CT molecular complexity index is 1000. The number of thioether (sulfide) groups is 1. The molecule has 1 aliphatic rings. The van der Waals surface area contributed by atoms with Gasteiger partial charge in [0, 0.05) is 19.1 Å². The minimum Gasteiger partial charge on any atom is -0.388 e. The lowest BCUT2D eigenvalue weighted by Gasteiger charge is -2.37. The maximum Gasteiger partial charge on any atom is 0.273 e. The Morgan fingerprint density at radius 2 is 2.00 bits per heavy atom. The highest BCUT2D eigenvalue weighted by Gasteiger charge is 2.49. The minimum atomic E-state index is -1.02. The van der Waals surface area contributed by atoms with Gasteiger partial charge in [-0.25, -0.2) is 13.8 Å². The average Bonchev–Trinajstić information content (AvgIpc) is 3.15. The van der Waals surface area contributed by atoms with Crippen molar-refractivity contribution in [2.45, 2.75) is 37.2 Å². The first-order chi connectivity index (χ1) is 14.8. The molecule has 1 aliphatic heterocycles. The van der Waals surface area contributed by atoms with E-state index in [0.717, 1.165) is 23.8 Å². The highest BCUT2D eigenvalue weighted by atomic mass is 32.2. The lowest BCUT2D eigenvalue weighted by atomic mass is 9.98. The number of nitrogens with zero attached hydrogens (tertiary/aromatic N) is 2. The van der Waals surface area contributed by atoms with Crippen LogP contribution in [0.3, 0.4) is 0 Å². The molecule has 0 spiro atoms. The first-order valence-corrected chi connectivity index (χ1v) is 10.6. The molecule has 1 amide bonds. The maximum atomic E-state index is 14.6. The van der Waals surface area contributed by atoms with Crippen LogP contribution in [-0.2, 0) is 14.4 Å². The molecule has 2 aromatic carbocycles. The van der Waals surface area contributed by atoms with Crippen LogP contribution in [0.1, 0.15) is 37.3 Å². The van der Waals surface area contributed by atoms with Gasteiger partial charge in [0.1, 0.15) is 27.7 Å². The second kappa shape index (κ2) is 9.57. The van der Waals surface area contributed by atoms with Crippen LogP contribution in [0.5, 0.6) is 0 Å². The second-order valence-corrected chi connectivity index (χ2v) is 8.45. The molecular formula is C22H24F2N4O2S. The molecule has 164 valence electrons. The molecule has 0 saturated heterocycles. The van der Waals surface area contributed by atoms with Crippen molar-refractivity contribution in [3.63, 3.8) is 0 Å². The van der Waals surface area contributed by atoms with Crippen molar-refractivity contribution < 1.29 is 18.3 Å². The molecule has 31 heavy (non-hydrogen) atoms. The predicted molar refractivity (Wildman–Crippen MR) is 118 cm³/mol. The van der Waals surface area contributed by atoms with Crippen molar-refractivity contribution in [3.8, 4) is 0 Å². The number of nitrogens with two attached hydrogens (primary N) is 1. The van der Waals surface area contributed by atoms with Crippen LogP contribution in [-0.4, -0.2) is 35.0 Å². The summed E-state index contributed by atoms with van der Waals surface area (Å²) in [5.74, 6) is -1.61. The SMILES string of the molecule is COC(C)C(=O)N1N=C(c2cc(F)ccc2F)SC1(CCCC(=N)N)c1ccccc1. The highest BCUT2D eigenvalue weighted by Crippen LogP contribution is 2.51. The van der Waals surface area contributed by atoms with Gasteiger partial charge in [0.25, 0.3) is 5.91 Å². The summed E-state index contributed by atoms with van der Waals surface area (Å²) in [5, 5.41) is 13.5. The third kappa shape index (κ3) is 4.77. The number of carbonyl (C=O) groups is 1. The Morgan fingerprint density at radius 3 is 2.65 bits per heavy atom. The van der Waals surface area contributed by atoms with Crippen LogP contribution < -0.4 is 5.73 Å².